The van der Waals surface area contributed by atoms with E-state index in [1.54, 1.807) is 13.4 Å². The molecule has 1 heterocycles. The molecular weight excluding hydrogens is 394 g/mol. The van der Waals surface area contributed by atoms with Crippen molar-refractivity contribution in [2.45, 2.75) is 26.6 Å². The van der Waals surface area contributed by atoms with E-state index in [1.807, 2.05) is 30.3 Å². The van der Waals surface area contributed by atoms with Gasteiger partial charge in [-0.1, -0.05) is 29.8 Å². The Morgan fingerprint density at radius 3 is 2.65 bits per heavy atom. The lowest BCUT2D eigenvalue weighted by molar-refractivity contribution is 0.282. The van der Waals surface area contributed by atoms with E-state index in [2.05, 4.69) is 46.4 Å². The third-order valence-electron chi connectivity index (χ3n) is 3.96. The number of ether oxygens (including phenoxy) is 2. The lowest BCUT2D eigenvalue weighted by atomic mass is 10.1. The van der Waals surface area contributed by atoms with Crippen molar-refractivity contribution in [1.29, 1.82) is 0 Å². The number of aryl methyl sites for hydroxylation is 1. The van der Waals surface area contributed by atoms with Crippen LogP contribution in [0.3, 0.4) is 0 Å². The molecule has 3 rings (SSSR count). The van der Waals surface area contributed by atoms with Gasteiger partial charge in [0.25, 0.3) is 0 Å². The van der Waals surface area contributed by atoms with Crippen LogP contribution in [0.1, 0.15) is 22.5 Å². The first-order chi connectivity index (χ1) is 12.7. The summed E-state index contributed by atoms with van der Waals surface area (Å²) in [5, 5.41) is 3.36. The number of hydrogen-bond donors (Lipinski definition) is 1. The van der Waals surface area contributed by atoms with Crippen LogP contribution in [-0.4, -0.2) is 7.11 Å². The number of furan rings is 1. The zero-order valence-corrected chi connectivity index (χ0v) is 16.5. The first kappa shape index (κ1) is 18.5. The van der Waals surface area contributed by atoms with E-state index in [1.165, 1.54) is 5.56 Å². The maximum Gasteiger partial charge on any atom is 0.175 e. The topological polar surface area (TPSA) is 43.6 Å². The van der Waals surface area contributed by atoms with Gasteiger partial charge in [0.05, 0.1) is 24.4 Å². The average Bonchev–Trinajstić information content (AvgIpc) is 3.14. The van der Waals surface area contributed by atoms with E-state index in [0.29, 0.717) is 31.2 Å². The smallest absolute Gasteiger partial charge is 0.175 e. The largest absolute Gasteiger partial charge is 0.493 e. The summed E-state index contributed by atoms with van der Waals surface area (Å²) < 4.78 is 17.7. The SMILES string of the molecule is COc1cc(CNCc2ccco2)cc(Br)c1OCc1cccc(C)c1. The minimum Gasteiger partial charge on any atom is -0.493 e. The fourth-order valence-corrected chi connectivity index (χ4v) is 3.32. The van der Waals surface area contributed by atoms with Gasteiger partial charge in [0, 0.05) is 6.54 Å². The molecule has 0 aliphatic carbocycles. The predicted octanol–water partition coefficient (Wildman–Crippen LogP) is 5.23. The fourth-order valence-electron chi connectivity index (χ4n) is 2.72. The van der Waals surface area contributed by atoms with Gasteiger partial charge in [-0.3, -0.25) is 0 Å². The molecule has 0 saturated heterocycles. The second-order valence-electron chi connectivity index (χ2n) is 6.07. The molecule has 2 aromatic carbocycles. The molecule has 0 aliphatic rings. The first-order valence-electron chi connectivity index (χ1n) is 8.43. The summed E-state index contributed by atoms with van der Waals surface area (Å²) in [7, 11) is 1.65. The first-order valence-corrected chi connectivity index (χ1v) is 9.23. The Hall–Kier alpha value is -2.24. The van der Waals surface area contributed by atoms with Crippen LogP contribution in [0.15, 0.2) is 63.7 Å². The maximum absolute atomic E-state index is 6.01. The fraction of sp³-hybridized carbons (Fsp3) is 0.238. The molecule has 1 N–H and O–H groups in total. The Labute approximate surface area is 162 Å². The van der Waals surface area contributed by atoms with Crippen molar-refractivity contribution in [3.63, 3.8) is 0 Å². The average molecular weight is 416 g/mol. The zero-order chi connectivity index (χ0) is 18.4. The van der Waals surface area contributed by atoms with Crippen molar-refractivity contribution in [3.05, 3.63) is 81.7 Å². The van der Waals surface area contributed by atoms with Crippen LogP contribution in [-0.2, 0) is 19.7 Å². The van der Waals surface area contributed by atoms with Crippen LogP contribution in [0.5, 0.6) is 11.5 Å². The lowest BCUT2D eigenvalue weighted by Gasteiger charge is -2.15. The van der Waals surface area contributed by atoms with Crippen LogP contribution in [0.2, 0.25) is 0 Å². The molecule has 0 spiro atoms. The van der Waals surface area contributed by atoms with Crippen molar-refractivity contribution in [2.75, 3.05) is 7.11 Å². The van der Waals surface area contributed by atoms with E-state index >= 15 is 0 Å². The summed E-state index contributed by atoms with van der Waals surface area (Å²) in [5.41, 5.74) is 3.45. The Balaban J connectivity index is 1.66. The van der Waals surface area contributed by atoms with Gasteiger partial charge < -0.3 is 19.2 Å². The molecule has 0 saturated carbocycles. The molecule has 0 fully saturated rings. The van der Waals surface area contributed by atoms with Gasteiger partial charge in [-0.15, -0.1) is 0 Å². The summed E-state index contributed by atoms with van der Waals surface area (Å²) in [6.45, 7) is 3.95. The van der Waals surface area contributed by atoms with Gasteiger partial charge in [0.1, 0.15) is 12.4 Å². The highest BCUT2D eigenvalue weighted by molar-refractivity contribution is 9.10. The van der Waals surface area contributed by atoms with Crippen molar-refractivity contribution in [3.8, 4) is 11.5 Å². The maximum atomic E-state index is 6.01. The highest BCUT2D eigenvalue weighted by Crippen LogP contribution is 2.37. The van der Waals surface area contributed by atoms with E-state index in [0.717, 1.165) is 21.4 Å². The zero-order valence-electron chi connectivity index (χ0n) is 14.9. The van der Waals surface area contributed by atoms with Crippen molar-refractivity contribution < 1.29 is 13.9 Å². The highest BCUT2D eigenvalue weighted by atomic mass is 79.9. The van der Waals surface area contributed by atoms with Crippen molar-refractivity contribution in [2.24, 2.45) is 0 Å². The standard InChI is InChI=1S/C21H22BrNO3/c1-15-5-3-6-16(9-15)14-26-21-19(22)10-17(11-20(21)24-2)12-23-13-18-7-4-8-25-18/h3-11,23H,12-14H2,1-2H3. The summed E-state index contributed by atoms with van der Waals surface area (Å²) >= 11 is 3.61. The van der Waals surface area contributed by atoms with Crippen LogP contribution in [0.4, 0.5) is 0 Å². The van der Waals surface area contributed by atoms with E-state index < -0.39 is 0 Å². The minimum absolute atomic E-state index is 0.493. The number of benzene rings is 2. The highest BCUT2D eigenvalue weighted by Gasteiger charge is 2.12. The van der Waals surface area contributed by atoms with Gasteiger partial charge in [0.15, 0.2) is 11.5 Å². The number of methoxy groups -OCH3 is 1. The van der Waals surface area contributed by atoms with Crippen molar-refractivity contribution in [1.82, 2.24) is 5.32 Å². The van der Waals surface area contributed by atoms with Crippen LogP contribution in [0.25, 0.3) is 0 Å². The molecule has 0 amide bonds. The van der Waals surface area contributed by atoms with Crippen molar-refractivity contribution >= 4 is 15.9 Å². The predicted molar refractivity (Wildman–Crippen MR) is 105 cm³/mol. The van der Waals surface area contributed by atoms with Gasteiger partial charge in [-0.2, -0.15) is 0 Å². The molecule has 0 bridgehead atoms. The Bertz CT molecular complexity index is 846. The second kappa shape index (κ2) is 8.92. The monoisotopic (exact) mass is 415 g/mol. The summed E-state index contributed by atoms with van der Waals surface area (Å²) in [6.07, 6.45) is 1.68. The van der Waals surface area contributed by atoms with E-state index in [9.17, 15) is 0 Å². The van der Waals surface area contributed by atoms with E-state index in [4.69, 9.17) is 13.9 Å². The molecule has 0 unspecified atom stereocenters. The van der Waals surface area contributed by atoms with Gasteiger partial charge in [0.2, 0.25) is 0 Å². The van der Waals surface area contributed by atoms with Gasteiger partial charge >= 0.3 is 0 Å². The summed E-state index contributed by atoms with van der Waals surface area (Å²) in [5.74, 6) is 2.33. The Kier molecular flexibility index (Phi) is 6.36. The molecule has 0 aliphatic heterocycles. The van der Waals surface area contributed by atoms with Crippen LogP contribution >= 0.6 is 15.9 Å². The number of nitrogens with one attached hydrogen (secondary N) is 1. The number of hydrogen-bond acceptors (Lipinski definition) is 4. The second-order valence-corrected chi connectivity index (χ2v) is 6.92. The van der Waals surface area contributed by atoms with Crippen LogP contribution < -0.4 is 14.8 Å². The number of rotatable bonds is 8. The Morgan fingerprint density at radius 2 is 1.92 bits per heavy atom. The number of halogens is 1. The molecule has 26 heavy (non-hydrogen) atoms. The van der Waals surface area contributed by atoms with Crippen LogP contribution in [0, 0.1) is 6.92 Å². The summed E-state index contributed by atoms with van der Waals surface area (Å²) in [4.78, 5) is 0. The third-order valence-corrected chi connectivity index (χ3v) is 4.55. The molecule has 0 atom stereocenters. The minimum atomic E-state index is 0.493. The van der Waals surface area contributed by atoms with Gasteiger partial charge in [-0.05, 0) is 58.2 Å². The molecule has 3 aromatic rings. The third kappa shape index (κ3) is 4.90. The Morgan fingerprint density at radius 1 is 1.04 bits per heavy atom. The molecule has 136 valence electrons. The molecule has 0 radical (unpaired) electrons. The molecule has 1 aromatic heterocycles. The quantitative estimate of drug-likeness (QED) is 0.546. The molecule has 5 heteroatoms. The molecule has 4 nitrogen and oxygen atoms in total. The summed E-state index contributed by atoms with van der Waals surface area (Å²) in [6, 6.07) is 16.2. The van der Waals surface area contributed by atoms with Gasteiger partial charge in [-0.25, -0.2) is 0 Å². The van der Waals surface area contributed by atoms with E-state index in [-0.39, 0.29) is 0 Å². The normalized spacial score (nSPS) is 10.7. The molecular formula is C21H22BrNO3. The lowest BCUT2D eigenvalue weighted by Crippen LogP contribution is -2.12.